The Morgan fingerprint density at radius 2 is 2.07 bits per heavy atom. The molecule has 1 aliphatic rings. The van der Waals surface area contributed by atoms with Crippen LogP contribution in [0.3, 0.4) is 0 Å². The van der Waals surface area contributed by atoms with Crippen LogP contribution in [0.25, 0.3) is 0 Å². The smallest absolute Gasteiger partial charge is 0.239 e. The molecule has 1 fully saturated rings. The van der Waals surface area contributed by atoms with Crippen LogP contribution in [0.4, 0.5) is 0 Å². The molecule has 0 aliphatic heterocycles. The lowest BCUT2D eigenvalue weighted by molar-refractivity contribution is -0.133. The van der Waals surface area contributed by atoms with E-state index in [1.807, 2.05) is 4.90 Å². The highest BCUT2D eigenvalue weighted by Crippen LogP contribution is 2.28. The van der Waals surface area contributed by atoms with E-state index >= 15 is 0 Å². The maximum Gasteiger partial charge on any atom is 0.239 e. The van der Waals surface area contributed by atoms with Gasteiger partial charge in [-0.05, 0) is 25.2 Å². The van der Waals surface area contributed by atoms with E-state index in [9.17, 15) is 4.79 Å². The second kappa shape index (κ2) is 5.50. The minimum atomic E-state index is -0.283. The van der Waals surface area contributed by atoms with Gasteiger partial charge in [-0.1, -0.05) is 27.2 Å². The van der Waals surface area contributed by atoms with Crippen LogP contribution in [0.5, 0.6) is 0 Å². The van der Waals surface area contributed by atoms with Gasteiger partial charge in [-0.2, -0.15) is 0 Å². The van der Waals surface area contributed by atoms with Crippen LogP contribution in [0.15, 0.2) is 0 Å². The van der Waals surface area contributed by atoms with Crippen LogP contribution in [0.2, 0.25) is 0 Å². The summed E-state index contributed by atoms with van der Waals surface area (Å²) in [6.07, 6.45) is 4.11. The number of hydrogen-bond donors (Lipinski definition) is 1. The first-order valence-electron chi connectivity index (χ1n) is 6.12. The normalized spacial score (nSPS) is 17.9. The van der Waals surface area contributed by atoms with E-state index in [1.54, 1.807) is 0 Å². The molecule has 0 unspecified atom stereocenters. The standard InChI is InChI=1S/C12H24N2O/c1-4-5-11(13)12(15)14(8-9(2)3)10-6-7-10/h9-11H,4-8,13H2,1-3H3/t11-/m1/s1. The minimum absolute atomic E-state index is 0.160. The second-order valence-corrected chi connectivity index (χ2v) is 5.01. The van der Waals surface area contributed by atoms with Crippen molar-refractivity contribution in [1.29, 1.82) is 0 Å². The van der Waals surface area contributed by atoms with Gasteiger partial charge in [0.1, 0.15) is 0 Å². The number of amides is 1. The van der Waals surface area contributed by atoms with Gasteiger partial charge in [0.2, 0.25) is 5.91 Å². The zero-order valence-electron chi connectivity index (χ0n) is 10.2. The monoisotopic (exact) mass is 212 g/mol. The van der Waals surface area contributed by atoms with Crippen molar-refractivity contribution in [2.45, 2.75) is 58.5 Å². The topological polar surface area (TPSA) is 46.3 Å². The summed E-state index contributed by atoms with van der Waals surface area (Å²) in [5.74, 6) is 0.691. The number of nitrogens with zero attached hydrogens (tertiary/aromatic N) is 1. The highest BCUT2D eigenvalue weighted by Gasteiger charge is 2.34. The molecule has 0 aromatic rings. The van der Waals surface area contributed by atoms with Crippen LogP contribution >= 0.6 is 0 Å². The van der Waals surface area contributed by atoms with Gasteiger partial charge in [-0.15, -0.1) is 0 Å². The zero-order chi connectivity index (χ0) is 11.4. The predicted octanol–water partition coefficient (Wildman–Crippen LogP) is 1.76. The van der Waals surface area contributed by atoms with E-state index in [4.69, 9.17) is 5.73 Å². The molecule has 1 atom stereocenters. The number of rotatable bonds is 6. The molecule has 0 bridgehead atoms. The number of hydrogen-bond acceptors (Lipinski definition) is 2. The molecular formula is C12H24N2O. The summed E-state index contributed by atoms with van der Waals surface area (Å²) < 4.78 is 0. The van der Waals surface area contributed by atoms with Gasteiger partial charge in [-0.3, -0.25) is 4.79 Å². The summed E-state index contributed by atoms with van der Waals surface area (Å²) in [4.78, 5) is 14.1. The Hall–Kier alpha value is -0.570. The summed E-state index contributed by atoms with van der Waals surface area (Å²) >= 11 is 0. The molecule has 0 saturated heterocycles. The van der Waals surface area contributed by atoms with Gasteiger partial charge < -0.3 is 10.6 Å². The minimum Gasteiger partial charge on any atom is -0.338 e. The van der Waals surface area contributed by atoms with Crippen molar-refractivity contribution < 1.29 is 4.79 Å². The maximum atomic E-state index is 12.1. The third kappa shape index (κ3) is 3.82. The van der Waals surface area contributed by atoms with Crippen molar-refractivity contribution in [2.75, 3.05) is 6.54 Å². The molecule has 1 amide bonds. The first kappa shape index (κ1) is 12.5. The summed E-state index contributed by atoms with van der Waals surface area (Å²) in [5.41, 5.74) is 5.88. The Bertz CT molecular complexity index is 212. The molecule has 3 nitrogen and oxygen atoms in total. The average Bonchev–Trinajstić information content (AvgIpc) is 2.96. The molecule has 0 radical (unpaired) electrons. The Morgan fingerprint density at radius 1 is 1.47 bits per heavy atom. The first-order chi connectivity index (χ1) is 7.06. The van der Waals surface area contributed by atoms with Crippen molar-refractivity contribution in [1.82, 2.24) is 4.90 Å². The van der Waals surface area contributed by atoms with E-state index in [-0.39, 0.29) is 11.9 Å². The summed E-state index contributed by atoms with van der Waals surface area (Å²) in [6.45, 7) is 7.22. The lowest BCUT2D eigenvalue weighted by Crippen LogP contribution is -2.46. The van der Waals surface area contributed by atoms with E-state index in [0.717, 1.165) is 32.2 Å². The van der Waals surface area contributed by atoms with Crippen molar-refractivity contribution in [3.63, 3.8) is 0 Å². The quantitative estimate of drug-likeness (QED) is 0.729. The van der Waals surface area contributed by atoms with E-state index in [1.165, 1.54) is 0 Å². The van der Waals surface area contributed by atoms with Gasteiger partial charge in [0.05, 0.1) is 6.04 Å². The Labute approximate surface area is 93.0 Å². The third-order valence-electron chi connectivity index (χ3n) is 2.75. The molecule has 15 heavy (non-hydrogen) atoms. The van der Waals surface area contributed by atoms with Gasteiger partial charge in [0.15, 0.2) is 0 Å². The van der Waals surface area contributed by atoms with Crippen LogP contribution in [-0.2, 0) is 4.79 Å². The first-order valence-corrected chi connectivity index (χ1v) is 6.12. The molecule has 0 aromatic heterocycles. The molecule has 0 heterocycles. The SMILES string of the molecule is CCC[C@@H](N)C(=O)N(CC(C)C)C1CC1. The highest BCUT2D eigenvalue weighted by atomic mass is 16.2. The average molecular weight is 212 g/mol. The van der Waals surface area contributed by atoms with Gasteiger partial charge in [-0.25, -0.2) is 0 Å². The molecule has 1 saturated carbocycles. The molecule has 0 spiro atoms. The van der Waals surface area contributed by atoms with E-state index in [2.05, 4.69) is 20.8 Å². The Kier molecular flexibility index (Phi) is 4.58. The maximum absolute atomic E-state index is 12.1. The van der Waals surface area contributed by atoms with Crippen LogP contribution < -0.4 is 5.73 Å². The summed E-state index contributed by atoms with van der Waals surface area (Å²) in [5, 5.41) is 0. The number of carbonyl (C=O) groups is 1. The molecular weight excluding hydrogens is 188 g/mol. The fourth-order valence-electron chi connectivity index (χ4n) is 1.85. The molecule has 1 rings (SSSR count). The zero-order valence-corrected chi connectivity index (χ0v) is 10.2. The lowest BCUT2D eigenvalue weighted by Gasteiger charge is -2.27. The van der Waals surface area contributed by atoms with Crippen LogP contribution in [0, 0.1) is 5.92 Å². The molecule has 1 aliphatic carbocycles. The van der Waals surface area contributed by atoms with E-state index in [0.29, 0.717) is 12.0 Å². The Balaban J connectivity index is 2.50. The largest absolute Gasteiger partial charge is 0.338 e. The van der Waals surface area contributed by atoms with Crippen LogP contribution in [0.1, 0.15) is 46.5 Å². The molecule has 88 valence electrons. The molecule has 2 N–H and O–H groups in total. The van der Waals surface area contributed by atoms with E-state index < -0.39 is 0 Å². The Morgan fingerprint density at radius 3 is 2.47 bits per heavy atom. The van der Waals surface area contributed by atoms with Crippen molar-refractivity contribution >= 4 is 5.91 Å². The number of nitrogens with two attached hydrogens (primary N) is 1. The van der Waals surface area contributed by atoms with Crippen LogP contribution in [-0.4, -0.2) is 29.4 Å². The highest BCUT2D eigenvalue weighted by molar-refractivity contribution is 5.82. The van der Waals surface area contributed by atoms with Gasteiger partial charge in [0, 0.05) is 12.6 Å². The van der Waals surface area contributed by atoms with Crippen molar-refractivity contribution in [3.05, 3.63) is 0 Å². The molecule has 0 aromatic carbocycles. The lowest BCUT2D eigenvalue weighted by atomic mass is 10.1. The summed E-state index contributed by atoms with van der Waals surface area (Å²) in [6, 6.07) is 0.206. The van der Waals surface area contributed by atoms with Gasteiger partial charge >= 0.3 is 0 Å². The van der Waals surface area contributed by atoms with Gasteiger partial charge in [0.25, 0.3) is 0 Å². The third-order valence-corrected chi connectivity index (χ3v) is 2.75. The van der Waals surface area contributed by atoms with Crippen molar-refractivity contribution in [3.8, 4) is 0 Å². The predicted molar refractivity (Wildman–Crippen MR) is 62.5 cm³/mol. The summed E-state index contributed by atoms with van der Waals surface area (Å²) in [7, 11) is 0. The number of carbonyl (C=O) groups excluding carboxylic acids is 1. The molecule has 3 heteroatoms. The second-order valence-electron chi connectivity index (χ2n) is 5.01. The fourth-order valence-corrected chi connectivity index (χ4v) is 1.85. The fraction of sp³-hybridized carbons (Fsp3) is 0.917. The van der Waals surface area contributed by atoms with Crippen molar-refractivity contribution in [2.24, 2.45) is 11.7 Å².